The highest BCUT2D eigenvalue weighted by atomic mass is 16.2. The first-order valence-corrected chi connectivity index (χ1v) is 6.71. The summed E-state index contributed by atoms with van der Waals surface area (Å²) < 4.78 is 0. The molecule has 0 fully saturated rings. The average Bonchev–Trinajstić information content (AvgIpc) is 2.53. The van der Waals surface area contributed by atoms with Crippen molar-refractivity contribution < 1.29 is 5.11 Å². The Bertz CT molecular complexity index is 784. The molecule has 3 aromatic rings. The topological polar surface area (TPSA) is 58.0 Å². The molecule has 4 heteroatoms. The number of nitrogens with one attached hydrogen (secondary N) is 1. The van der Waals surface area contributed by atoms with Gasteiger partial charge in [-0.1, -0.05) is 36.4 Å². The van der Waals surface area contributed by atoms with E-state index in [4.69, 9.17) is 5.11 Å². The number of para-hydroxylation sites is 2. The number of benzene rings is 2. The van der Waals surface area contributed by atoms with E-state index in [2.05, 4.69) is 15.3 Å². The van der Waals surface area contributed by atoms with Crippen LogP contribution >= 0.6 is 0 Å². The number of anilines is 2. The van der Waals surface area contributed by atoms with Crippen LogP contribution in [0.15, 0.2) is 60.8 Å². The van der Waals surface area contributed by atoms with Gasteiger partial charge in [0.1, 0.15) is 5.82 Å². The fourth-order valence-electron chi connectivity index (χ4n) is 2.07. The van der Waals surface area contributed by atoms with Crippen LogP contribution < -0.4 is 5.32 Å². The Morgan fingerprint density at radius 3 is 2.76 bits per heavy atom. The zero-order valence-corrected chi connectivity index (χ0v) is 11.4. The highest BCUT2D eigenvalue weighted by Gasteiger charge is 2.00. The normalized spacial score (nSPS) is 11.1. The number of aliphatic hydroxyl groups is 1. The van der Waals surface area contributed by atoms with Gasteiger partial charge < -0.3 is 10.4 Å². The van der Waals surface area contributed by atoms with Crippen molar-refractivity contribution in [3.63, 3.8) is 0 Å². The van der Waals surface area contributed by atoms with Crippen LogP contribution in [0, 0.1) is 0 Å². The quantitative estimate of drug-likeness (QED) is 0.767. The summed E-state index contributed by atoms with van der Waals surface area (Å²) in [6.07, 6.45) is 5.30. The minimum atomic E-state index is 0.0355. The molecule has 0 spiro atoms. The van der Waals surface area contributed by atoms with Gasteiger partial charge in [0.25, 0.3) is 0 Å². The molecule has 1 heterocycles. The lowest BCUT2D eigenvalue weighted by molar-refractivity contribution is 0.343. The summed E-state index contributed by atoms with van der Waals surface area (Å²) in [7, 11) is 0. The largest absolute Gasteiger partial charge is 0.392 e. The molecule has 4 nitrogen and oxygen atoms in total. The number of fused-ring (bicyclic) bond motifs is 1. The second-order valence-corrected chi connectivity index (χ2v) is 4.58. The van der Waals surface area contributed by atoms with Crippen LogP contribution in [-0.2, 0) is 0 Å². The van der Waals surface area contributed by atoms with E-state index in [9.17, 15) is 0 Å². The Morgan fingerprint density at radius 2 is 1.90 bits per heavy atom. The molecule has 0 saturated heterocycles. The van der Waals surface area contributed by atoms with Crippen molar-refractivity contribution in [2.24, 2.45) is 0 Å². The van der Waals surface area contributed by atoms with Gasteiger partial charge in [0.15, 0.2) is 0 Å². The van der Waals surface area contributed by atoms with E-state index in [1.54, 1.807) is 12.3 Å². The van der Waals surface area contributed by atoms with Crippen LogP contribution in [0.1, 0.15) is 5.56 Å². The predicted molar refractivity (Wildman–Crippen MR) is 85.4 cm³/mol. The number of aliphatic hydroxyl groups excluding tert-OH is 1. The van der Waals surface area contributed by atoms with Crippen LogP contribution in [0.25, 0.3) is 17.1 Å². The van der Waals surface area contributed by atoms with Gasteiger partial charge in [-0.2, -0.15) is 0 Å². The summed E-state index contributed by atoms with van der Waals surface area (Å²) in [5.41, 5.74) is 3.68. The SMILES string of the molecule is OC/C=C/c1cccc(Nc2cnc3ccccc3n2)c1. The van der Waals surface area contributed by atoms with Gasteiger partial charge in [-0.25, -0.2) is 4.98 Å². The minimum absolute atomic E-state index is 0.0355. The lowest BCUT2D eigenvalue weighted by Gasteiger charge is -2.07. The lowest BCUT2D eigenvalue weighted by atomic mass is 10.2. The summed E-state index contributed by atoms with van der Waals surface area (Å²) in [5, 5.41) is 12.1. The van der Waals surface area contributed by atoms with E-state index in [1.807, 2.05) is 54.6 Å². The maximum absolute atomic E-state index is 8.81. The first kappa shape index (κ1) is 13.3. The van der Waals surface area contributed by atoms with Crippen LogP contribution in [0.3, 0.4) is 0 Å². The summed E-state index contributed by atoms with van der Waals surface area (Å²) in [6, 6.07) is 15.6. The number of nitrogens with zero attached hydrogens (tertiary/aromatic N) is 2. The fraction of sp³-hybridized carbons (Fsp3) is 0.0588. The molecule has 0 amide bonds. The first-order valence-electron chi connectivity index (χ1n) is 6.71. The van der Waals surface area contributed by atoms with Crippen molar-refractivity contribution in [3.8, 4) is 0 Å². The Morgan fingerprint density at radius 1 is 1.05 bits per heavy atom. The second-order valence-electron chi connectivity index (χ2n) is 4.58. The van der Waals surface area contributed by atoms with Crippen LogP contribution in [0.5, 0.6) is 0 Å². The number of hydrogen-bond donors (Lipinski definition) is 2. The summed E-state index contributed by atoms with van der Waals surface area (Å²) in [5.74, 6) is 0.706. The average molecular weight is 277 g/mol. The molecule has 0 aliphatic carbocycles. The van der Waals surface area contributed by atoms with E-state index in [0.717, 1.165) is 22.3 Å². The van der Waals surface area contributed by atoms with Gasteiger partial charge in [-0.15, -0.1) is 0 Å². The van der Waals surface area contributed by atoms with E-state index >= 15 is 0 Å². The van der Waals surface area contributed by atoms with Gasteiger partial charge in [-0.3, -0.25) is 4.98 Å². The first-order chi connectivity index (χ1) is 10.3. The molecule has 0 aliphatic heterocycles. The highest BCUT2D eigenvalue weighted by molar-refractivity contribution is 5.76. The monoisotopic (exact) mass is 277 g/mol. The summed E-state index contributed by atoms with van der Waals surface area (Å²) in [4.78, 5) is 8.91. The third kappa shape index (κ3) is 3.24. The van der Waals surface area contributed by atoms with E-state index in [1.165, 1.54) is 0 Å². The Hall–Kier alpha value is -2.72. The molecule has 0 saturated carbocycles. The third-order valence-corrected chi connectivity index (χ3v) is 3.02. The summed E-state index contributed by atoms with van der Waals surface area (Å²) >= 11 is 0. The van der Waals surface area contributed by atoms with Crippen molar-refractivity contribution in [1.29, 1.82) is 0 Å². The molecule has 104 valence electrons. The van der Waals surface area contributed by atoms with E-state index in [0.29, 0.717) is 5.82 Å². The van der Waals surface area contributed by atoms with E-state index in [-0.39, 0.29) is 6.61 Å². The van der Waals surface area contributed by atoms with Crippen molar-refractivity contribution >= 4 is 28.6 Å². The molecular formula is C17H15N3O. The smallest absolute Gasteiger partial charge is 0.149 e. The molecule has 0 bridgehead atoms. The van der Waals surface area contributed by atoms with Gasteiger partial charge >= 0.3 is 0 Å². The Labute approximate surface area is 122 Å². The lowest BCUT2D eigenvalue weighted by Crippen LogP contribution is -1.95. The Balaban J connectivity index is 1.86. The number of aromatic nitrogens is 2. The molecule has 0 atom stereocenters. The molecule has 0 unspecified atom stereocenters. The minimum Gasteiger partial charge on any atom is -0.392 e. The van der Waals surface area contributed by atoms with Gasteiger partial charge in [0.2, 0.25) is 0 Å². The van der Waals surface area contributed by atoms with Crippen LogP contribution in [0.4, 0.5) is 11.5 Å². The molecular weight excluding hydrogens is 262 g/mol. The maximum atomic E-state index is 8.81. The summed E-state index contributed by atoms with van der Waals surface area (Å²) in [6.45, 7) is 0.0355. The van der Waals surface area contributed by atoms with Crippen molar-refractivity contribution in [1.82, 2.24) is 9.97 Å². The maximum Gasteiger partial charge on any atom is 0.149 e. The molecule has 2 aromatic carbocycles. The van der Waals surface area contributed by atoms with Gasteiger partial charge in [-0.05, 0) is 29.8 Å². The Kier molecular flexibility index (Phi) is 3.89. The van der Waals surface area contributed by atoms with Crippen LogP contribution in [0.2, 0.25) is 0 Å². The fourth-order valence-corrected chi connectivity index (χ4v) is 2.07. The van der Waals surface area contributed by atoms with Crippen LogP contribution in [-0.4, -0.2) is 21.7 Å². The molecule has 2 N–H and O–H groups in total. The van der Waals surface area contributed by atoms with E-state index < -0.39 is 0 Å². The highest BCUT2D eigenvalue weighted by Crippen LogP contribution is 2.18. The van der Waals surface area contributed by atoms with Gasteiger partial charge in [0.05, 0.1) is 23.8 Å². The zero-order valence-electron chi connectivity index (χ0n) is 11.4. The predicted octanol–water partition coefficient (Wildman–Crippen LogP) is 3.38. The standard InChI is InChI=1S/C17H15N3O/c21-10-4-6-13-5-3-7-14(11-13)19-17-12-18-15-8-1-2-9-16(15)20-17/h1-9,11-12,21H,10H2,(H,19,20)/b6-4+. The molecule has 21 heavy (non-hydrogen) atoms. The molecule has 0 aliphatic rings. The van der Waals surface area contributed by atoms with Crippen molar-refractivity contribution in [2.45, 2.75) is 0 Å². The zero-order chi connectivity index (χ0) is 14.5. The molecule has 3 rings (SSSR count). The van der Waals surface area contributed by atoms with Gasteiger partial charge in [0, 0.05) is 5.69 Å². The van der Waals surface area contributed by atoms with Crippen molar-refractivity contribution in [3.05, 3.63) is 66.4 Å². The number of hydrogen-bond acceptors (Lipinski definition) is 4. The molecule has 1 aromatic heterocycles. The second kappa shape index (κ2) is 6.15. The van der Waals surface area contributed by atoms with Crippen molar-refractivity contribution in [2.75, 3.05) is 11.9 Å². The number of rotatable bonds is 4. The molecule has 0 radical (unpaired) electrons. The third-order valence-electron chi connectivity index (χ3n) is 3.02.